The van der Waals surface area contributed by atoms with Gasteiger partial charge in [0.05, 0.1) is 13.0 Å². The molecule has 0 unspecified atom stereocenters. The van der Waals surface area contributed by atoms with E-state index >= 15 is 0 Å². The molecule has 1 aromatic carbocycles. The molecule has 0 aromatic heterocycles. The number of ether oxygens (including phenoxy) is 1. The predicted molar refractivity (Wildman–Crippen MR) is 65.2 cm³/mol. The Hall–Kier alpha value is -1.31. The minimum atomic E-state index is -0.286. The number of benzene rings is 1. The van der Waals surface area contributed by atoms with E-state index in [0.717, 1.165) is 5.56 Å². The highest BCUT2D eigenvalue weighted by Crippen LogP contribution is 2.22. The molecule has 1 aromatic rings. The standard InChI is InChI=1S/C14H19O2/c1-5-16-13(15)10-11-6-8-12(9-7-11)14(2,3)4/h6-10H,5H2,1-4H3. The first-order chi connectivity index (χ1) is 7.43. The molecule has 2 nitrogen and oxygen atoms in total. The van der Waals surface area contributed by atoms with Crippen LogP contribution in [0, 0.1) is 6.42 Å². The van der Waals surface area contributed by atoms with Gasteiger partial charge in [0, 0.05) is 0 Å². The van der Waals surface area contributed by atoms with Crippen molar-refractivity contribution in [2.75, 3.05) is 6.61 Å². The van der Waals surface area contributed by atoms with E-state index in [2.05, 4.69) is 20.8 Å². The van der Waals surface area contributed by atoms with Gasteiger partial charge in [-0.2, -0.15) is 0 Å². The van der Waals surface area contributed by atoms with Gasteiger partial charge in [-0.3, -0.25) is 4.79 Å². The summed E-state index contributed by atoms with van der Waals surface area (Å²) >= 11 is 0. The molecule has 0 aliphatic carbocycles. The van der Waals surface area contributed by atoms with Crippen molar-refractivity contribution in [1.82, 2.24) is 0 Å². The lowest BCUT2D eigenvalue weighted by Gasteiger charge is -2.18. The van der Waals surface area contributed by atoms with Crippen LogP contribution in [0.5, 0.6) is 0 Å². The lowest BCUT2D eigenvalue weighted by molar-refractivity contribution is -0.138. The summed E-state index contributed by atoms with van der Waals surface area (Å²) in [5, 5.41) is 0. The van der Waals surface area contributed by atoms with Crippen LogP contribution in [0.15, 0.2) is 24.3 Å². The van der Waals surface area contributed by atoms with E-state index in [1.165, 1.54) is 12.0 Å². The summed E-state index contributed by atoms with van der Waals surface area (Å²) in [6, 6.07) is 7.98. The molecule has 0 amide bonds. The Balaban J connectivity index is 2.69. The third-order valence-electron chi connectivity index (χ3n) is 2.35. The van der Waals surface area contributed by atoms with Crippen molar-refractivity contribution in [3.8, 4) is 0 Å². The van der Waals surface area contributed by atoms with Gasteiger partial charge in [-0.05, 0) is 23.5 Å². The van der Waals surface area contributed by atoms with Gasteiger partial charge in [0.2, 0.25) is 0 Å². The number of hydrogen-bond acceptors (Lipinski definition) is 2. The maximum Gasteiger partial charge on any atom is 0.314 e. The van der Waals surface area contributed by atoms with Crippen molar-refractivity contribution >= 4 is 5.97 Å². The third-order valence-corrected chi connectivity index (χ3v) is 2.35. The Morgan fingerprint density at radius 3 is 2.25 bits per heavy atom. The van der Waals surface area contributed by atoms with Gasteiger partial charge in [-0.25, -0.2) is 0 Å². The number of rotatable bonds is 3. The first kappa shape index (κ1) is 12.8. The largest absolute Gasteiger partial charge is 0.465 e. The highest BCUT2D eigenvalue weighted by Gasteiger charge is 2.13. The third kappa shape index (κ3) is 3.69. The Bertz CT molecular complexity index is 344. The SMILES string of the molecule is CCOC(=O)[CH]c1ccc(C(C)(C)C)cc1. The highest BCUT2D eigenvalue weighted by atomic mass is 16.5. The van der Waals surface area contributed by atoms with Gasteiger partial charge in [-0.15, -0.1) is 0 Å². The summed E-state index contributed by atoms with van der Waals surface area (Å²) < 4.78 is 4.85. The van der Waals surface area contributed by atoms with Crippen LogP contribution in [0.1, 0.15) is 38.8 Å². The van der Waals surface area contributed by atoms with Gasteiger partial charge in [0.15, 0.2) is 0 Å². The lowest BCUT2D eigenvalue weighted by atomic mass is 9.86. The molecule has 0 saturated carbocycles. The fourth-order valence-electron chi connectivity index (χ4n) is 1.40. The van der Waals surface area contributed by atoms with Crippen molar-refractivity contribution in [2.24, 2.45) is 0 Å². The fraction of sp³-hybridized carbons (Fsp3) is 0.429. The van der Waals surface area contributed by atoms with Crippen molar-refractivity contribution < 1.29 is 9.53 Å². The van der Waals surface area contributed by atoms with Gasteiger partial charge < -0.3 is 4.74 Å². The number of carbonyl (C=O) groups is 1. The van der Waals surface area contributed by atoms with Crippen molar-refractivity contribution in [2.45, 2.75) is 33.1 Å². The Morgan fingerprint density at radius 1 is 1.25 bits per heavy atom. The van der Waals surface area contributed by atoms with Crippen molar-refractivity contribution in [1.29, 1.82) is 0 Å². The van der Waals surface area contributed by atoms with Gasteiger partial charge in [-0.1, -0.05) is 45.0 Å². The topological polar surface area (TPSA) is 26.3 Å². The van der Waals surface area contributed by atoms with Crippen LogP contribution in [0.25, 0.3) is 0 Å². The van der Waals surface area contributed by atoms with Crippen molar-refractivity contribution in [3.63, 3.8) is 0 Å². The van der Waals surface area contributed by atoms with Crippen LogP contribution in [-0.4, -0.2) is 12.6 Å². The maximum absolute atomic E-state index is 11.2. The van der Waals surface area contributed by atoms with Crippen LogP contribution in [0.2, 0.25) is 0 Å². The van der Waals surface area contributed by atoms with Crippen LogP contribution < -0.4 is 0 Å². The molecule has 0 aliphatic heterocycles. The average molecular weight is 219 g/mol. The summed E-state index contributed by atoms with van der Waals surface area (Å²) in [6.07, 6.45) is 1.51. The molecule has 1 radical (unpaired) electrons. The minimum absolute atomic E-state index is 0.141. The summed E-state index contributed by atoms with van der Waals surface area (Å²) in [7, 11) is 0. The molecule has 87 valence electrons. The van der Waals surface area contributed by atoms with Gasteiger partial charge in [0.25, 0.3) is 0 Å². The van der Waals surface area contributed by atoms with E-state index in [1.54, 1.807) is 6.92 Å². The molecule has 0 N–H and O–H groups in total. The fourth-order valence-corrected chi connectivity index (χ4v) is 1.40. The van der Waals surface area contributed by atoms with E-state index in [-0.39, 0.29) is 11.4 Å². The van der Waals surface area contributed by atoms with Gasteiger partial charge in [0.1, 0.15) is 0 Å². The van der Waals surface area contributed by atoms with Crippen LogP contribution in [-0.2, 0) is 14.9 Å². The van der Waals surface area contributed by atoms with Crippen LogP contribution in [0.3, 0.4) is 0 Å². The number of carbonyl (C=O) groups excluding carboxylic acids is 1. The number of hydrogen-bond donors (Lipinski definition) is 0. The summed E-state index contributed by atoms with van der Waals surface area (Å²) in [4.78, 5) is 11.2. The number of esters is 1. The molecule has 0 heterocycles. The molecule has 0 aliphatic rings. The summed E-state index contributed by atoms with van der Waals surface area (Å²) in [5.41, 5.74) is 2.28. The molecule has 0 fully saturated rings. The second kappa shape index (κ2) is 5.15. The molecule has 0 spiro atoms. The van der Waals surface area contributed by atoms with E-state index in [0.29, 0.717) is 6.61 Å². The normalized spacial score (nSPS) is 11.2. The maximum atomic E-state index is 11.2. The molecule has 2 heteroatoms. The monoisotopic (exact) mass is 219 g/mol. The second-order valence-corrected chi connectivity index (χ2v) is 4.77. The van der Waals surface area contributed by atoms with E-state index in [4.69, 9.17) is 4.74 Å². The smallest absolute Gasteiger partial charge is 0.314 e. The summed E-state index contributed by atoms with van der Waals surface area (Å²) in [6.45, 7) is 8.70. The Morgan fingerprint density at radius 2 is 1.81 bits per heavy atom. The van der Waals surface area contributed by atoms with E-state index in [9.17, 15) is 4.79 Å². The van der Waals surface area contributed by atoms with Gasteiger partial charge >= 0.3 is 5.97 Å². The quantitative estimate of drug-likeness (QED) is 0.730. The van der Waals surface area contributed by atoms with Crippen LogP contribution >= 0.6 is 0 Å². The lowest BCUT2D eigenvalue weighted by Crippen LogP contribution is -2.11. The minimum Gasteiger partial charge on any atom is -0.465 e. The Labute approximate surface area is 97.6 Å². The highest BCUT2D eigenvalue weighted by molar-refractivity contribution is 5.83. The molecule has 0 atom stereocenters. The molecule has 0 bridgehead atoms. The molecule has 1 rings (SSSR count). The van der Waals surface area contributed by atoms with E-state index in [1.807, 2.05) is 24.3 Å². The Kier molecular flexibility index (Phi) is 4.11. The molecular weight excluding hydrogens is 200 g/mol. The zero-order valence-electron chi connectivity index (χ0n) is 10.4. The zero-order valence-corrected chi connectivity index (χ0v) is 10.4. The second-order valence-electron chi connectivity index (χ2n) is 4.77. The molecular formula is C14H19O2. The van der Waals surface area contributed by atoms with Crippen LogP contribution in [0.4, 0.5) is 0 Å². The average Bonchev–Trinajstić information content (AvgIpc) is 2.17. The predicted octanol–water partition coefficient (Wildman–Crippen LogP) is 3.10. The zero-order chi connectivity index (χ0) is 12.2. The molecule has 16 heavy (non-hydrogen) atoms. The summed E-state index contributed by atoms with van der Waals surface area (Å²) in [5.74, 6) is -0.286. The first-order valence-electron chi connectivity index (χ1n) is 5.55. The molecule has 0 saturated heterocycles. The van der Waals surface area contributed by atoms with E-state index < -0.39 is 0 Å². The van der Waals surface area contributed by atoms with Crippen molar-refractivity contribution in [3.05, 3.63) is 41.8 Å². The first-order valence-corrected chi connectivity index (χ1v) is 5.55.